The molecular weight excluding hydrogens is 980 g/mol. The molecule has 0 saturated heterocycles. The Kier molecular flexibility index (Phi) is 15.1. The third-order valence-corrected chi connectivity index (χ3v) is 9.69. The van der Waals surface area contributed by atoms with Gasteiger partial charge in [0.25, 0.3) is 17.0 Å². The van der Waals surface area contributed by atoms with Gasteiger partial charge in [0, 0.05) is 31.0 Å². The average molecular weight is 1020 g/mol. The maximum absolute atomic E-state index is 14.6. The highest BCUT2D eigenvalue weighted by Gasteiger charge is 2.24. The molecule has 0 saturated carbocycles. The van der Waals surface area contributed by atoms with Gasteiger partial charge in [-0.15, -0.1) is 0 Å². The van der Waals surface area contributed by atoms with Crippen LogP contribution in [-0.4, -0.2) is 38.0 Å². The number of carboxylic acids is 1. The van der Waals surface area contributed by atoms with Gasteiger partial charge in [0.05, 0.1) is 33.3 Å². The number of aromatic nitrogens is 2. The molecule has 17 heteroatoms. The van der Waals surface area contributed by atoms with E-state index in [1.807, 2.05) is 36.4 Å². The summed E-state index contributed by atoms with van der Waals surface area (Å²) in [5.74, 6) is 2.10. The maximum Gasteiger partial charge on any atom is 0.427 e. The van der Waals surface area contributed by atoms with Crippen molar-refractivity contribution in [2.24, 2.45) is 5.73 Å². The van der Waals surface area contributed by atoms with E-state index >= 15 is 0 Å². The number of hydrogen-bond donors (Lipinski definition) is 5. The van der Waals surface area contributed by atoms with Crippen molar-refractivity contribution in [3.8, 4) is 0 Å². The van der Waals surface area contributed by atoms with Gasteiger partial charge in [0.15, 0.2) is 0 Å². The van der Waals surface area contributed by atoms with E-state index in [0.29, 0.717) is 11.2 Å². The van der Waals surface area contributed by atoms with Crippen LogP contribution in [0.3, 0.4) is 0 Å². The molecule has 58 heavy (non-hydrogen) atoms. The second kappa shape index (κ2) is 19.4. The van der Waals surface area contributed by atoms with Crippen molar-refractivity contribution in [1.29, 1.82) is 0 Å². The van der Waals surface area contributed by atoms with Gasteiger partial charge in [-0.05, 0) is 127 Å². The molecule has 0 atom stereocenters. The first-order valence-electron chi connectivity index (χ1n) is 17.4. The molecular formula is C41H40F2I2N6O7. The minimum Gasteiger partial charge on any atom is -0.478 e. The predicted octanol–water partition coefficient (Wildman–Crippen LogP) is 7.07. The fourth-order valence-electron chi connectivity index (χ4n) is 5.72. The predicted molar refractivity (Wildman–Crippen MR) is 236 cm³/mol. The van der Waals surface area contributed by atoms with E-state index in [1.165, 1.54) is 47.2 Å². The zero-order valence-corrected chi connectivity index (χ0v) is 36.3. The lowest BCUT2D eigenvalue weighted by atomic mass is 10.0. The zero-order valence-electron chi connectivity index (χ0n) is 32.0. The van der Waals surface area contributed by atoms with Crippen LogP contribution in [0.2, 0.25) is 0 Å². The molecule has 0 aliphatic rings. The number of fused-ring (bicyclic) bond motifs is 2. The van der Waals surface area contributed by atoms with Gasteiger partial charge in [-0.3, -0.25) is 14.4 Å². The lowest BCUT2D eigenvalue weighted by Gasteiger charge is -2.22. The summed E-state index contributed by atoms with van der Waals surface area (Å²) in [5, 5.41) is 11.5. The number of carbonyl (C=O) groups is 3. The molecule has 0 unspecified atom stereocenters. The Balaban J connectivity index is 0.000000236. The monoisotopic (exact) mass is 1020 g/mol. The molecule has 6 aromatic rings. The summed E-state index contributed by atoms with van der Waals surface area (Å²) in [6.45, 7) is 8.80. The number of nitrogen functional groups attached to an aromatic ring is 1. The number of nitrogens with zero attached hydrogens (tertiary/aromatic N) is 2. The van der Waals surface area contributed by atoms with Crippen LogP contribution in [0, 0.1) is 32.6 Å². The minimum absolute atomic E-state index is 0.0571. The Morgan fingerprint density at radius 1 is 0.776 bits per heavy atom. The molecule has 2 heterocycles. The second-order valence-corrected chi connectivity index (χ2v) is 16.1. The summed E-state index contributed by atoms with van der Waals surface area (Å²) in [6.07, 6.45) is -0.899. The van der Waals surface area contributed by atoms with Crippen molar-refractivity contribution in [3.05, 3.63) is 158 Å². The van der Waals surface area contributed by atoms with Crippen LogP contribution in [-0.2, 0) is 17.8 Å². The van der Waals surface area contributed by atoms with Crippen LogP contribution < -0.4 is 33.4 Å². The first-order valence-corrected chi connectivity index (χ1v) is 19.5. The van der Waals surface area contributed by atoms with E-state index in [-0.39, 0.29) is 50.6 Å². The number of nitrogens with two attached hydrogens (primary N) is 2. The number of hydrogen-bond acceptors (Lipinski definition) is 8. The van der Waals surface area contributed by atoms with Crippen LogP contribution in [0.15, 0.2) is 94.5 Å². The normalized spacial score (nSPS) is 10.9. The fraction of sp³-hybridized carbons (Fsp3) is 0.195. The Labute approximate surface area is 358 Å². The highest BCUT2D eigenvalue weighted by molar-refractivity contribution is 14.1. The third kappa shape index (κ3) is 11.0. The summed E-state index contributed by atoms with van der Waals surface area (Å²) < 4.78 is 37.1. The van der Waals surface area contributed by atoms with Gasteiger partial charge in [-0.2, -0.15) is 0 Å². The highest BCUT2D eigenvalue weighted by atomic mass is 127. The number of benzene rings is 4. The second-order valence-electron chi connectivity index (χ2n) is 13.6. The summed E-state index contributed by atoms with van der Waals surface area (Å²) in [7, 11) is 0. The van der Waals surface area contributed by atoms with Crippen molar-refractivity contribution in [3.63, 3.8) is 0 Å². The van der Waals surface area contributed by atoms with E-state index in [2.05, 4.69) is 68.1 Å². The standard InChI is InChI=1S/C23H23FIN3O4.C11H9FN2O3.C7H8IN/c1-13-18(20(29)26-12-14-7-5-8-15(25)11-14)16-9-6-10-17(24)19(16)21(30)28(13)27-22(31)32-23(2,3)4;1-5-8(11(16)17)6-3-2-4-7(12)9(6)10(15)14(5)13;8-7-3-1-2-6(4-7)5-9/h5-11H,12H2,1-4H3,(H,26,29)(H,27,31);2-4H,13H2,1H3,(H,16,17);1-4H,5,9H2. The SMILES string of the molecule is Cc1c(C(=O)NCc2cccc(I)c2)c2cccc(F)c2c(=O)n1NC(=O)OC(C)(C)C.Cc1c(C(=O)O)c2cccc(F)c2c(=O)n1N.NCc1cccc(I)c1. The largest absolute Gasteiger partial charge is 0.478 e. The molecule has 6 rings (SSSR count). The van der Waals surface area contributed by atoms with Gasteiger partial charge < -0.3 is 26.7 Å². The number of amides is 2. The topological polar surface area (TPSA) is 201 Å². The van der Waals surface area contributed by atoms with Gasteiger partial charge in [-0.25, -0.2) is 33.1 Å². The summed E-state index contributed by atoms with van der Waals surface area (Å²) in [6, 6.07) is 23.7. The number of rotatable bonds is 6. The van der Waals surface area contributed by atoms with Crippen molar-refractivity contribution < 1.29 is 33.0 Å². The number of carboxylic acid groups (broad SMARTS) is 1. The summed E-state index contributed by atoms with van der Waals surface area (Å²) in [4.78, 5) is 61.3. The van der Waals surface area contributed by atoms with Crippen molar-refractivity contribution in [2.45, 2.75) is 53.3 Å². The van der Waals surface area contributed by atoms with Crippen LogP contribution in [0.5, 0.6) is 0 Å². The molecule has 2 aromatic heterocycles. The quantitative estimate of drug-likeness (QED) is 0.0855. The molecule has 7 N–H and O–H groups in total. The summed E-state index contributed by atoms with van der Waals surface area (Å²) in [5.41, 5.74) is 7.63. The first kappa shape index (κ1) is 45.3. The molecule has 304 valence electrons. The lowest BCUT2D eigenvalue weighted by molar-refractivity contribution is 0.0609. The van der Waals surface area contributed by atoms with Crippen molar-refractivity contribution in [2.75, 3.05) is 11.3 Å². The molecule has 0 aliphatic heterocycles. The smallest absolute Gasteiger partial charge is 0.427 e. The molecule has 13 nitrogen and oxygen atoms in total. The molecule has 4 aromatic carbocycles. The van der Waals surface area contributed by atoms with Gasteiger partial charge in [-0.1, -0.05) is 48.5 Å². The van der Waals surface area contributed by atoms with E-state index in [0.717, 1.165) is 25.9 Å². The van der Waals surface area contributed by atoms with E-state index in [1.54, 1.807) is 20.8 Å². The van der Waals surface area contributed by atoms with Crippen LogP contribution >= 0.6 is 45.2 Å². The molecule has 0 fully saturated rings. The Morgan fingerprint density at radius 3 is 1.78 bits per heavy atom. The molecule has 0 spiro atoms. The maximum atomic E-state index is 14.6. The Bertz CT molecular complexity index is 2660. The number of halogens is 4. The van der Waals surface area contributed by atoms with Gasteiger partial charge in [0.1, 0.15) is 17.2 Å². The molecule has 0 radical (unpaired) electrons. The number of nitrogens with one attached hydrogen (secondary N) is 2. The Hall–Kier alpha value is -5.41. The van der Waals surface area contributed by atoms with Crippen LogP contribution in [0.4, 0.5) is 13.6 Å². The fourth-order valence-corrected chi connectivity index (χ4v) is 6.94. The highest BCUT2D eigenvalue weighted by Crippen LogP contribution is 2.23. The summed E-state index contributed by atoms with van der Waals surface area (Å²) >= 11 is 4.45. The van der Waals surface area contributed by atoms with Crippen LogP contribution in [0.1, 0.15) is 64.0 Å². The van der Waals surface area contributed by atoms with Crippen LogP contribution in [0.25, 0.3) is 21.5 Å². The average Bonchev–Trinajstić information content (AvgIpc) is 3.14. The number of ether oxygens (including phenoxy) is 1. The van der Waals surface area contributed by atoms with Gasteiger partial charge >= 0.3 is 12.1 Å². The molecule has 2 amide bonds. The van der Waals surface area contributed by atoms with E-state index < -0.39 is 46.3 Å². The van der Waals surface area contributed by atoms with Gasteiger partial charge in [0.2, 0.25) is 0 Å². The zero-order chi connectivity index (χ0) is 43.1. The molecule has 0 aliphatic carbocycles. The molecule has 0 bridgehead atoms. The van der Waals surface area contributed by atoms with Crippen molar-refractivity contribution >= 4 is 84.7 Å². The minimum atomic E-state index is -1.25. The lowest BCUT2D eigenvalue weighted by Crippen LogP contribution is -2.40. The number of carbonyl (C=O) groups excluding carboxylic acids is 2. The third-order valence-electron chi connectivity index (χ3n) is 8.35. The number of pyridine rings is 2. The van der Waals surface area contributed by atoms with E-state index in [9.17, 15) is 32.8 Å². The van der Waals surface area contributed by atoms with E-state index in [4.69, 9.17) is 21.4 Å². The number of aromatic carboxylic acids is 1. The first-order chi connectivity index (χ1) is 27.2. The van der Waals surface area contributed by atoms with Crippen molar-refractivity contribution in [1.82, 2.24) is 14.7 Å². The Morgan fingerprint density at radius 2 is 1.28 bits per heavy atom.